The summed E-state index contributed by atoms with van der Waals surface area (Å²) in [5.74, 6) is -1.09. The molecule has 0 saturated carbocycles. The van der Waals surface area contributed by atoms with Crippen molar-refractivity contribution in [3.8, 4) is 0 Å². The molecular weight excluding hydrogens is 172 g/mol. The molecule has 0 amide bonds. The summed E-state index contributed by atoms with van der Waals surface area (Å²) in [5, 5.41) is 0. The van der Waals surface area contributed by atoms with E-state index in [0.29, 0.717) is 0 Å². The molecule has 4 heteroatoms. The van der Waals surface area contributed by atoms with E-state index in [1.807, 2.05) is 0 Å². The molecule has 13 heavy (non-hydrogen) atoms. The van der Waals surface area contributed by atoms with Crippen LogP contribution in [0.2, 0.25) is 0 Å². The van der Waals surface area contributed by atoms with Gasteiger partial charge in [0.05, 0.1) is 6.26 Å². The molecule has 0 aliphatic carbocycles. The van der Waals surface area contributed by atoms with Crippen molar-refractivity contribution >= 4 is 11.9 Å². The van der Waals surface area contributed by atoms with Crippen LogP contribution in [0.5, 0.6) is 0 Å². The Bertz CT molecular complexity index is 240. The van der Waals surface area contributed by atoms with Crippen molar-refractivity contribution in [2.45, 2.75) is 0 Å². The van der Waals surface area contributed by atoms with Gasteiger partial charge < -0.3 is 9.47 Å². The normalized spacial score (nSPS) is 9.23. The summed E-state index contributed by atoms with van der Waals surface area (Å²) in [5.41, 5.74) is 0. The summed E-state index contributed by atoms with van der Waals surface area (Å²) >= 11 is 0. The minimum absolute atomic E-state index is 0.0370. The van der Waals surface area contributed by atoms with Crippen molar-refractivity contribution in [3.63, 3.8) is 0 Å². The Morgan fingerprint density at radius 3 is 2.31 bits per heavy atom. The molecule has 0 heterocycles. The molecule has 0 radical (unpaired) electrons. The van der Waals surface area contributed by atoms with E-state index in [-0.39, 0.29) is 6.61 Å². The molecular formula is C9H10O4. The lowest BCUT2D eigenvalue weighted by atomic mass is 10.6. The molecule has 0 aliphatic heterocycles. The lowest BCUT2D eigenvalue weighted by Crippen LogP contribution is -1.99. The van der Waals surface area contributed by atoms with Crippen LogP contribution in [0.25, 0.3) is 0 Å². The van der Waals surface area contributed by atoms with Crippen LogP contribution >= 0.6 is 0 Å². The topological polar surface area (TPSA) is 52.6 Å². The first kappa shape index (κ1) is 11.2. The van der Waals surface area contributed by atoms with Gasteiger partial charge in [-0.15, -0.1) is 0 Å². The molecule has 0 spiro atoms. The molecule has 0 fully saturated rings. The third-order valence-electron chi connectivity index (χ3n) is 0.936. The smallest absolute Gasteiger partial charge is 0.334 e. The van der Waals surface area contributed by atoms with Gasteiger partial charge in [-0.2, -0.15) is 0 Å². The molecule has 0 aliphatic rings. The number of carbonyl (C=O) groups is 2. The van der Waals surface area contributed by atoms with Crippen LogP contribution < -0.4 is 0 Å². The molecule has 0 aromatic rings. The van der Waals surface area contributed by atoms with Gasteiger partial charge in [0, 0.05) is 12.2 Å². The van der Waals surface area contributed by atoms with Gasteiger partial charge in [-0.05, 0) is 6.08 Å². The quantitative estimate of drug-likeness (QED) is 0.361. The average molecular weight is 182 g/mol. The van der Waals surface area contributed by atoms with Gasteiger partial charge in [-0.3, -0.25) is 0 Å². The number of rotatable bonds is 5. The van der Waals surface area contributed by atoms with E-state index in [2.05, 4.69) is 22.6 Å². The third-order valence-corrected chi connectivity index (χ3v) is 0.936. The molecule has 0 atom stereocenters. The van der Waals surface area contributed by atoms with E-state index < -0.39 is 11.9 Å². The van der Waals surface area contributed by atoms with Crippen LogP contribution in [-0.2, 0) is 19.1 Å². The first-order valence-corrected chi connectivity index (χ1v) is 3.48. The van der Waals surface area contributed by atoms with E-state index >= 15 is 0 Å². The first-order valence-electron chi connectivity index (χ1n) is 3.48. The van der Waals surface area contributed by atoms with E-state index in [9.17, 15) is 9.59 Å². The van der Waals surface area contributed by atoms with Crippen LogP contribution in [0.3, 0.4) is 0 Å². The van der Waals surface area contributed by atoms with Gasteiger partial charge in [0.25, 0.3) is 0 Å². The van der Waals surface area contributed by atoms with Crippen molar-refractivity contribution in [2.75, 3.05) is 6.61 Å². The largest absolute Gasteiger partial charge is 0.458 e. The second-order valence-electron chi connectivity index (χ2n) is 1.85. The second kappa shape index (κ2) is 6.84. The van der Waals surface area contributed by atoms with Crippen LogP contribution in [0.1, 0.15) is 0 Å². The van der Waals surface area contributed by atoms with Gasteiger partial charge in [-0.1, -0.05) is 13.2 Å². The van der Waals surface area contributed by atoms with E-state index in [1.54, 1.807) is 0 Å². The van der Waals surface area contributed by atoms with Gasteiger partial charge in [0.15, 0.2) is 0 Å². The molecule has 0 aromatic carbocycles. The number of esters is 2. The van der Waals surface area contributed by atoms with Gasteiger partial charge in [0.2, 0.25) is 0 Å². The Morgan fingerprint density at radius 2 is 1.77 bits per heavy atom. The molecule has 0 unspecified atom stereocenters. The number of hydrogen-bond donors (Lipinski definition) is 0. The van der Waals surface area contributed by atoms with Crippen molar-refractivity contribution in [1.82, 2.24) is 0 Å². The maximum absolute atomic E-state index is 10.5. The second-order valence-corrected chi connectivity index (χ2v) is 1.85. The summed E-state index contributed by atoms with van der Waals surface area (Å²) in [7, 11) is 0. The Morgan fingerprint density at radius 1 is 1.15 bits per heavy atom. The number of hydrogen-bond acceptors (Lipinski definition) is 4. The third kappa shape index (κ3) is 6.55. The monoisotopic (exact) mass is 182 g/mol. The SMILES string of the molecule is C=CC(=O)OC=CCOC(=O)C=C. The summed E-state index contributed by atoms with van der Waals surface area (Å²) in [6, 6.07) is 0. The molecule has 70 valence electrons. The fourth-order valence-corrected chi connectivity index (χ4v) is 0.392. The highest BCUT2D eigenvalue weighted by Gasteiger charge is 1.91. The van der Waals surface area contributed by atoms with Crippen molar-refractivity contribution in [2.24, 2.45) is 0 Å². The molecule has 4 nitrogen and oxygen atoms in total. The molecule has 0 bridgehead atoms. The Labute approximate surface area is 76.1 Å². The minimum Gasteiger partial charge on any atom is -0.458 e. The molecule has 0 N–H and O–H groups in total. The van der Waals surface area contributed by atoms with Crippen molar-refractivity contribution < 1.29 is 19.1 Å². The molecule has 0 saturated heterocycles. The van der Waals surface area contributed by atoms with Crippen LogP contribution in [0.15, 0.2) is 37.6 Å². The maximum Gasteiger partial charge on any atom is 0.334 e. The molecule has 0 rings (SSSR count). The highest BCUT2D eigenvalue weighted by molar-refractivity contribution is 5.82. The Balaban J connectivity index is 3.52. The summed E-state index contributed by atoms with van der Waals surface area (Å²) in [6.45, 7) is 6.43. The maximum atomic E-state index is 10.5. The van der Waals surface area contributed by atoms with Crippen LogP contribution in [0.4, 0.5) is 0 Å². The zero-order chi connectivity index (χ0) is 10.1. The van der Waals surface area contributed by atoms with Crippen molar-refractivity contribution in [1.29, 1.82) is 0 Å². The predicted octanol–water partition coefficient (Wildman–Crippen LogP) is 0.958. The summed E-state index contributed by atoms with van der Waals surface area (Å²) in [4.78, 5) is 20.9. The lowest BCUT2D eigenvalue weighted by molar-refractivity contribution is -0.136. The average Bonchev–Trinajstić information content (AvgIpc) is 2.16. The highest BCUT2D eigenvalue weighted by Crippen LogP contribution is 1.84. The lowest BCUT2D eigenvalue weighted by Gasteiger charge is -1.95. The minimum atomic E-state index is -0.564. The van der Waals surface area contributed by atoms with E-state index in [4.69, 9.17) is 0 Å². The zero-order valence-corrected chi connectivity index (χ0v) is 7.06. The highest BCUT2D eigenvalue weighted by atomic mass is 16.5. The summed E-state index contributed by atoms with van der Waals surface area (Å²) < 4.78 is 9.00. The zero-order valence-electron chi connectivity index (χ0n) is 7.06. The van der Waals surface area contributed by atoms with E-state index in [0.717, 1.165) is 18.4 Å². The van der Waals surface area contributed by atoms with Crippen LogP contribution in [0, 0.1) is 0 Å². The summed E-state index contributed by atoms with van der Waals surface area (Å²) in [6.07, 6.45) is 4.58. The molecule has 0 aromatic heterocycles. The Kier molecular flexibility index (Phi) is 5.88. The first-order chi connectivity index (χ1) is 6.20. The van der Waals surface area contributed by atoms with Gasteiger partial charge in [0.1, 0.15) is 6.61 Å². The Hall–Kier alpha value is -1.84. The fourth-order valence-electron chi connectivity index (χ4n) is 0.392. The predicted molar refractivity (Wildman–Crippen MR) is 46.6 cm³/mol. The number of carbonyl (C=O) groups excluding carboxylic acids is 2. The van der Waals surface area contributed by atoms with Gasteiger partial charge >= 0.3 is 11.9 Å². The number of ether oxygens (including phenoxy) is 2. The van der Waals surface area contributed by atoms with Crippen LogP contribution in [-0.4, -0.2) is 18.5 Å². The van der Waals surface area contributed by atoms with E-state index in [1.165, 1.54) is 6.08 Å². The van der Waals surface area contributed by atoms with Crippen molar-refractivity contribution in [3.05, 3.63) is 37.6 Å². The standard InChI is InChI=1S/C9H10O4/c1-3-8(10)12-6-5-7-13-9(11)4-2/h3-6H,1-2,7H2. The van der Waals surface area contributed by atoms with Gasteiger partial charge in [-0.25, -0.2) is 9.59 Å². The fraction of sp³-hybridized carbons (Fsp3) is 0.111.